The lowest BCUT2D eigenvalue weighted by molar-refractivity contribution is -0.385. The van der Waals surface area contributed by atoms with Crippen LogP contribution in [0.4, 0.5) is 0 Å². The Balaban J connectivity index is 1.48. The van der Waals surface area contributed by atoms with E-state index in [1.807, 2.05) is 0 Å². The fourth-order valence-corrected chi connectivity index (χ4v) is 9.69. The summed E-state index contributed by atoms with van der Waals surface area (Å²) in [6, 6.07) is 0. The van der Waals surface area contributed by atoms with E-state index in [9.17, 15) is 10.2 Å². The van der Waals surface area contributed by atoms with Crippen molar-refractivity contribution in [2.75, 3.05) is 0 Å². The second-order valence-corrected chi connectivity index (χ2v) is 9.55. The molecule has 0 saturated heterocycles. The molecule has 7 unspecified atom stereocenters. The first-order valence-electron chi connectivity index (χ1n) is 8.87. The zero-order chi connectivity index (χ0) is 13.6. The molecule has 0 aliphatic heterocycles. The predicted molar refractivity (Wildman–Crippen MR) is 74.6 cm³/mol. The van der Waals surface area contributed by atoms with Crippen LogP contribution in [0.25, 0.3) is 0 Å². The van der Waals surface area contributed by atoms with Crippen LogP contribution in [0.15, 0.2) is 0 Å². The molecule has 0 radical (unpaired) electrons. The highest BCUT2D eigenvalue weighted by Crippen LogP contribution is 2.92. The molecule has 6 aliphatic rings. The summed E-state index contributed by atoms with van der Waals surface area (Å²) >= 11 is 0. The van der Waals surface area contributed by atoms with Gasteiger partial charge in [0.1, 0.15) is 0 Å². The predicted octanol–water partition coefficient (Wildman–Crippen LogP) is 2.29. The Morgan fingerprint density at radius 3 is 1.60 bits per heavy atom. The van der Waals surface area contributed by atoms with E-state index in [0.717, 1.165) is 41.9 Å². The van der Waals surface area contributed by atoms with Crippen LogP contribution in [-0.2, 0) is 0 Å². The highest BCUT2D eigenvalue weighted by molar-refractivity contribution is 5.36. The summed E-state index contributed by atoms with van der Waals surface area (Å²) in [5.74, 6) is 6.24. The Kier molecular flexibility index (Phi) is 1.65. The van der Waals surface area contributed by atoms with Crippen LogP contribution in [0, 0.1) is 58.2 Å². The normalized spacial score (nSPS) is 78.6. The molecular formula is C18H26O2. The molecule has 6 aliphatic carbocycles. The van der Waals surface area contributed by atoms with Crippen molar-refractivity contribution >= 4 is 0 Å². The third-order valence-corrected chi connectivity index (χ3v) is 9.93. The number of aliphatic hydroxyl groups excluding tert-OH is 2. The minimum atomic E-state index is -0.416. The lowest BCUT2D eigenvalue weighted by Crippen LogP contribution is -2.82. The standard InChI is InChI=1S/C18H26O2/c1-17-11-7-3-4-8(5-7)12(11)18(17,2)14-10-6-9(13(14)17)15(19)16(10)20/h7-16,19-20H,3-6H2,1-2H3/t7-,8?,9+,10-,11?,12?,13?,14?,15+,16-,17?,18?/m1/s1. The lowest BCUT2D eigenvalue weighted by Gasteiger charge is -2.84. The molecule has 0 amide bonds. The van der Waals surface area contributed by atoms with Gasteiger partial charge in [-0.1, -0.05) is 13.8 Å². The Bertz CT molecular complexity index is 474. The lowest BCUT2D eigenvalue weighted by atomic mass is 9.20. The van der Waals surface area contributed by atoms with E-state index < -0.39 is 12.2 Å². The molecule has 2 N–H and O–H groups in total. The molecule has 6 saturated carbocycles. The van der Waals surface area contributed by atoms with Crippen LogP contribution in [0.3, 0.4) is 0 Å². The van der Waals surface area contributed by atoms with Crippen LogP contribution in [0.1, 0.15) is 39.5 Å². The number of rotatable bonds is 0. The largest absolute Gasteiger partial charge is 0.390 e. The molecular weight excluding hydrogens is 248 g/mol. The van der Waals surface area contributed by atoms with Gasteiger partial charge in [0, 0.05) is 0 Å². The molecule has 0 spiro atoms. The van der Waals surface area contributed by atoms with E-state index in [1.54, 1.807) is 0 Å². The van der Waals surface area contributed by atoms with Gasteiger partial charge < -0.3 is 10.2 Å². The molecule has 20 heavy (non-hydrogen) atoms. The van der Waals surface area contributed by atoms with E-state index >= 15 is 0 Å². The fourth-order valence-electron chi connectivity index (χ4n) is 9.69. The van der Waals surface area contributed by atoms with Crippen molar-refractivity contribution in [3.63, 3.8) is 0 Å². The van der Waals surface area contributed by atoms with Gasteiger partial charge in [-0.3, -0.25) is 0 Å². The van der Waals surface area contributed by atoms with Crippen molar-refractivity contribution in [1.82, 2.24) is 0 Å². The number of fused-ring (bicyclic) bond motifs is 15. The molecule has 0 aromatic rings. The summed E-state index contributed by atoms with van der Waals surface area (Å²) in [6.45, 7) is 5.13. The Labute approximate surface area is 120 Å². The van der Waals surface area contributed by atoms with Crippen LogP contribution in [0.2, 0.25) is 0 Å². The van der Waals surface area contributed by atoms with E-state index in [1.165, 1.54) is 19.3 Å². The molecule has 0 heterocycles. The molecule has 6 rings (SSSR count). The van der Waals surface area contributed by atoms with Crippen LogP contribution in [-0.4, -0.2) is 22.4 Å². The van der Waals surface area contributed by atoms with Crippen LogP contribution in [0.5, 0.6) is 0 Å². The van der Waals surface area contributed by atoms with Gasteiger partial charge in [0.05, 0.1) is 12.2 Å². The Morgan fingerprint density at radius 2 is 1.15 bits per heavy atom. The summed E-state index contributed by atoms with van der Waals surface area (Å²) in [7, 11) is 0. The van der Waals surface area contributed by atoms with Gasteiger partial charge in [-0.25, -0.2) is 0 Å². The van der Waals surface area contributed by atoms with Crippen molar-refractivity contribution in [2.24, 2.45) is 58.2 Å². The van der Waals surface area contributed by atoms with Gasteiger partial charge in [-0.05, 0) is 83.9 Å². The van der Waals surface area contributed by atoms with Crippen LogP contribution < -0.4 is 0 Å². The van der Waals surface area contributed by atoms with E-state index in [-0.39, 0.29) is 0 Å². The monoisotopic (exact) mass is 274 g/mol. The minimum Gasteiger partial charge on any atom is -0.390 e. The fraction of sp³-hybridized carbons (Fsp3) is 1.00. The second-order valence-electron chi connectivity index (χ2n) is 9.55. The smallest absolute Gasteiger partial charge is 0.0833 e. The number of hydrogen-bond acceptors (Lipinski definition) is 2. The number of hydrogen-bond donors (Lipinski definition) is 2. The maximum absolute atomic E-state index is 10.4. The molecule has 4 bridgehead atoms. The van der Waals surface area contributed by atoms with E-state index in [0.29, 0.717) is 22.7 Å². The summed E-state index contributed by atoms with van der Waals surface area (Å²) in [5.41, 5.74) is 1.01. The van der Waals surface area contributed by atoms with Crippen molar-refractivity contribution in [1.29, 1.82) is 0 Å². The quantitative estimate of drug-likeness (QED) is 0.711. The molecule has 2 heteroatoms. The van der Waals surface area contributed by atoms with Gasteiger partial charge in [0.15, 0.2) is 0 Å². The Hall–Kier alpha value is -0.0800. The highest BCUT2D eigenvalue weighted by atomic mass is 16.3. The summed E-state index contributed by atoms with van der Waals surface area (Å²) in [5, 5.41) is 20.7. The van der Waals surface area contributed by atoms with Crippen molar-refractivity contribution in [3.8, 4) is 0 Å². The molecule has 12 atom stereocenters. The zero-order valence-corrected chi connectivity index (χ0v) is 12.5. The summed E-state index contributed by atoms with van der Waals surface area (Å²) in [4.78, 5) is 0. The molecule has 6 fully saturated rings. The van der Waals surface area contributed by atoms with Gasteiger partial charge in [0.2, 0.25) is 0 Å². The minimum absolute atomic E-state index is 0.415. The molecule has 2 nitrogen and oxygen atoms in total. The topological polar surface area (TPSA) is 40.5 Å². The Morgan fingerprint density at radius 1 is 0.700 bits per heavy atom. The third kappa shape index (κ3) is 0.764. The maximum atomic E-state index is 10.4. The average Bonchev–Trinajstić information content (AvgIpc) is 3.17. The van der Waals surface area contributed by atoms with Crippen molar-refractivity contribution in [3.05, 3.63) is 0 Å². The summed E-state index contributed by atoms with van der Waals surface area (Å²) in [6.07, 6.45) is 4.74. The molecule has 0 aromatic carbocycles. The van der Waals surface area contributed by atoms with E-state index in [2.05, 4.69) is 13.8 Å². The van der Waals surface area contributed by atoms with Gasteiger partial charge >= 0.3 is 0 Å². The second kappa shape index (κ2) is 2.88. The molecule has 110 valence electrons. The first-order chi connectivity index (χ1) is 9.51. The highest BCUT2D eigenvalue weighted by Gasteiger charge is 2.89. The zero-order valence-electron chi connectivity index (χ0n) is 12.5. The van der Waals surface area contributed by atoms with Crippen molar-refractivity contribution in [2.45, 2.75) is 51.7 Å². The van der Waals surface area contributed by atoms with Crippen LogP contribution >= 0.6 is 0 Å². The first-order valence-corrected chi connectivity index (χ1v) is 8.87. The van der Waals surface area contributed by atoms with Gasteiger partial charge in [-0.15, -0.1) is 0 Å². The maximum Gasteiger partial charge on any atom is 0.0833 e. The summed E-state index contributed by atoms with van der Waals surface area (Å²) < 4.78 is 0. The van der Waals surface area contributed by atoms with Crippen molar-refractivity contribution < 1.29 is 10.2 Å². The first kappa shape index (κ1) is 11.5. The average molecular weight is 274 g/mol. The van der Waals surface area contributed by atoms with E-state index in [4.69, 9.17) is 0 Å². The third-order valence-electron chi connectivity index (χ3n) is 9.93. The van der Waals surface area contributed by atoms with Gasteiger partial charge in [0.25, 0.3) is 0 Å². The number of aliphatic hydroxyl groups is 2. The SMILES string of the molecule is CC12C3C4CC[C@H](C4)C3C1(C)C1C2[C@H]2C[C@@H]1[C@H](O)[C@@H]2O. The van der Waals surface area contributed by atoms with Gasteiger partial charge in [-0.2, -0.15) is 0 Å². The molecule has 0 aromatic heterocycles.